The van der Waals surface area contributed by atoms with E-state index in [2.05, 4.69) is 27.2 Å². The lowest BCUT2D eigenvalue weighted by atomic mass is 10.1. The highest BCUT2D eigenvalue weighted by Gasteiger charge is 1.99. The van der Waals surface area contributed by atoms with Gasteiger partial charge in [-0.25, -0.2) is 4.79 Å². The van der Waals surface area contributed by atoms with Gasteiger partial charge in [0.2, 0.25) is 0 Å². The topological polar surface area (TPSA) is 54.1 Å². The SMILES string of the molecule is COC(=O)NCCc1ccc2[nH]ccc2c1. The Balaban J connectivity index is 1.96. The fourth-order valence-electron chi connectivity index (χ4n) is 1.64. The van der Waals surface area contributed by atoms with Crippen molar-refractivity contribution in [1.29, 1.82) is 0 Å². The van der Waals surface area contributed by atoms with Gasteiger partial charge in [0, 0.05) is 18.3 Å². The number of aromatic amines is 1. The summed E-state index contributed by atoms with van der Waals surface area (Å²) in [5.74, 6) is 0. The molecule has 0 aliphatic heterocycles. The molecule has 2 aromatic rings. The molecule has 1 aromatic heterocycles. The summed E-state index contributed by atoms with van der Waals surface area (Å²) < 4.78 is 4.49. The average Bonchev–Trinajstić information content (AvgIpc) is 2.76. The minimum Gasteiger partial charge on any atom is -0.453 e. The molecule has 0 aliphatic rings. The Hall–Kier alpha value is -1.97. The third-order valence-corrected chi connectivity index (χ3v) is 2.49. The minimum atomic E-state index is -0.386. The van der Waals surface area contributed by atoms with Crippen molar-refractivity contribution in [3.63, 3.8) is 0 Å². The number of aromatic nitrogens is 1. The number of fused-ring (bicyclic) bond motifs is 1. The number of carbonyl (C=O) groups excluding carboxylic acids is 1. The number of alkyl carbamates (subject to hydrolysis) is 1. The van der Waals surface area contributed by atoms with E-state index in [4.69, 9.17) is 0 Å². The molecule has 2 N–H and O–H groups in total. The zero-order valence-corrected chi connectivity index (χ0v) is 9.12. The number of benzene rings is 1. The predicted octanol–water partition coefficient (Wildman–Crippen LogP) is 2.07. The van der Waals surface area contributed by atoms with E-state index in [9.17, 15) is 4.79 Å². The first kappa shape index (κ1) is 10.5. The Bertz CT molecular complexity index is 490. The van der Waals surface area contributed by atoms with Crippen LogP contribution in [0.2, 0.25) is 0 Å². The van der Waals surface area contributed by atoms with Gasteiger partial charge in [0.05, 0.1) is 7.11 Å². The molecule has 1 heterocycles. The number of nitrogens with one attached hydrogen (secondary N) is 2. The quantitative estimate of drug-likeness (QED) is 0.828. The Morgan fingerprint density at radius 2 is 2.31 bits per heavy atom. The van der Waals surface area contributed by atoms with E-state index in [1.807, 2.05) is 18.3 Å². The summed E-state index contributed by atoms with van der Waals surface area (Å²) in [4.78, 5) is 14.0. The third-order valence-electron chi connectivity index (χ3n) is 2.49. The van der Waals surface area contributed by atoms with Crippen molar-refractivity contribution in [2.75, 3.05) is 13.7 Å². The number of amides is 1. The fraction of sp³-hybridized carbons (Fsp3) is 0.250. The first-order valence-electron chi connectivity index (χ1n) is 5.17. The third kappa shape index (κ3) is 2.34. The van der Waals surface area contributed by atoms with Crippen LogP contribution in [0.5, 0.6) is 0 Å². The van der Waals surface area contributed by atoms with Crippen molar-refractivity contribution in [3.05, 3.63) is 36.0 Å². The van der Waals surface area contributed by atoms with E-state index in [1.165, 1.54) is 18.1 Å². The summed E-state index contributed by atoms with van der Waals surface area (Å²) in [6.07, 6.45) is 2.33. The lowest BCUT2D eigenvalue weighted by Gasteiger charge is -2.03. The number of ether oxygens (including phenoxy) is 1. The molecule has 0 bridgehead atoms. The molecule has 2 rings (SSSR count). The molecule has 1 amide bonds. The summed E-state index contributed by atoms with van der Waals surface area (Å²) in [7, 11) is 1.36. The van der Waals surface area contributed by atoms with E-state index in [0.717, 1.165) is 11.9 Å². The molecule has 4 heteroatoms. The average molecular weight is 218 g/mol. The van der Waals surface area contributed by atoms with Crippen LogP contribution in [0.15, 0.2) is 30.5 Å². The number of carbonyl (C=O) groups is 1. The van der Waals surface area contributed by atoms with E-state index in [1.54, 1.807) is 0 Å². The van der Waals surface area contributed by atoms with Crippen LogP contribution >= 0.6 is 0 Å². The minimum absolute atomic E-state index is 0.386. The van der Waals surface area contributed by atoms with Crippen LogP contribution in [0, 0.1) is 0 Å². The van der Waals surface area contributed by atoms with Crippen LogP contribution in [-0.4, -0.2) is 24.7 Å². The van der Waals surface area contributed by atoms with E-state index in [-0.39, 0.29) is 6.09 Å². The maximum absolute atomic E-state index is 10.8. The maximum atomic E-state index is 10.8. The van der Waals surface area contributed by atoms with Gasteiger partial charge in [-0.1, -0.05) is 6.07 Å². The summed E-state index contributed by atoms with van der Waals surface area (Å²) in [6, 6.07) is 8.25. The van der Waals surface area contributed by atoms with Crippen LogP contribution in [-0.2, 0) is 11.2 Å². The zero-order chi connectivity index (χ0) is 11.4. The summed E-state index contributed by atoms with van der Waals surface area (Å²) >= 11 is 0. The van der Waals surface area contributed by atoms with Gasteiger partial charge in [0.1, 0.15) is 0 Å². The fourth-order valence-corrected chi connectivity index (χ4v) is 1.64. The van der Waals surface area contributed by atoms with Gasteiger partial charge >= 0.3 is 6.09 Å². The standard InChI is InChI=1S/C12H14N2O2/c1-16-12(15)14-6-4-9-2-3-11-10(8-9)5-7-13-11/h2-3,5,7-8,13H,4,6H2,1H3,(H,14,15). The van der Waals surface area contributed by atoms with E-state index >= 15 is 0 Å². The summed E-state index contributed by atoms with van der Waals surface area (Å²) in [6.45, 7) is 0.586. The molecule has 1 aromatic carbocycles. The van der Waals surface area contributed by atoms with Gasteiger partial charge in [0.25, 0.3) is 0 Å². The molecule has 0 fully saturated rings. The molecule has 0 aliphatic carbocycles. The van der Waals surface area contributed by atoms with Gasteiger partial charge in [0.15, 0.2) is 0 Å². The zero-order valence-electron chi connectivity index (χ0n) is 9.12. The first-order valence-corrected chi connectivity index (χ1v) is 5.17. The summed E-state index contributed by atoms with van der Waals surface area (Å²) in [5.41, 5.74) is 2.33. The molecule has 0 unspecified atom stereocenters. The maximum Gasteiger partial charge on any atom is 0.406 e. The lowest BCUT2D eigenvalue weighted by molar-refractivity contribution is 0.171. The molecular formula is C12H14N2O2. The van der Waals surface area contributed by atoms with Crippen molar-refractivity contribution in [3.8, 4) is 0 Å². The molecule has 4 nitrogen and oxygen atoms in total. The van der Waals surface area contributed by atoms with Crippen molar-refractivity contribution in [2.24, 2.45) is 0 Å². The van der Waals surface area contributed by atoms with Crippen molar-refractivity contribution < 1.29 is 9.53 Å². The second-order valence-electron chi connectivity index (χ2n) is 3.57. The molecule has 84 valence electrons. The van der Waals surface area contributed by atoms with Crippen LogP contribution in [0.4, 0.5) is 4.79 Å². The Kier molecular flexibility index (Phi) is 3.10. The van der Waals surface area contributed by atoms with Gasteiger partial charge in [-0.2, -0.15) is 0 Å². The Morgan fingerprint density at radius 1 is 1.44 bits per heavy atom. The first-order chi connectivity index (χ1) is 7.79. The second-order valence-corrected chi connectivity index (χ2v) is 3.57. The molecular weight excluding hydrogens is 204 g/mol. The largest absolute Gasteiger partial charge is 0.453 e. The predicted molar refractivity (Wildman–Crippen MR) is 62.4 cm³/mol. The van der Waals surface area contributed by atoms with Gasteiger partial charge in [-0.05, 0) is 35.6 Å². The summed E-state index contributed by atoms with van der Waals surface area (Å²) in [5, 5.41) is 3.84. The lowest BCUT2D eigenvalue weighted by Crippen LogP contribution is -2.25. The number of rotatable bonds is 3. The normalized spacial score (nSPS) is 10.3. The van der Waals surface area contributed by atoms with Gasteiger partial charge < -0.3 is 15.0 Å². The highest BCUT2D eigenvalue weighted by Crippen LogP contribution is 2.14. The molecule has 0 spiro atoms. The van der Waals surface area contributed by atoms with Gasteiger partial charge in [-0.3, -0.25) is 0 Å². The van der Waals surface area contributed by atoms with Crippen molar-refractivity contribution >= 4 is 17.0 Å². The van der Waals surface area contributed by atoms with Gasteiger partial charge in [-0.15, -0.1) is 0 Å². The smallest absolute Gasteiger partial charge is 0.406 e. The van der Waals surface area contributed by atoms with Crippen LogP contribution < -0.4 is 5.32 Å². The molecule has 0 radical (unpaired) electrons. The monoisotopic (exact) mass is 218 g/mol. The van der Waals surface area contributed by atoms with E-state index in [0.29, 0.717) is 6.54 Å². The van der Waals surface area contributed by atoms with Crippen LogP contribution in [0.25, 0.3) is 10.9 Å². The Morgan fingerprint density at radius 3 is 3.12 bits per heavy atom. The van der Waals surface area contributed by atoms with Crippen LogP contribution in [0.3, 0.4) is 0 Å². The molecule has 0 saturated heterocycles. The van der Waals surface area contributed by atoms with Crippen molar-refractivity contribution in [1.82, 2.24) is 10.3 Å². The number of hydrogen-bond acceptors (Lipinski definition) is 2. The number of methoxy groups -OCH3 is 1. The highest BCUT2D eigenvalue weighted by atomic mass is 16.5. The van der Waals surface area contributed by atoms with Crippen molar-refractivity contribution in [2.45, 2.75) is 6.42 Å². The second kappa shape index (κ2) is 4.70. The van der Waals surface area contributed by atoms with E-state index < -0.39 is 0 Å². The Labute approximate surface area is 93.6 Å². The molecule has 16 heavy (non-hydrogen) atoms. The number of H-pyrrole nitrogens is 1. The number of hydrogen-bond donors (Lipinski definition) is 2. The highest BCUT2D eigenvalue weighted by molar-refractivity contribution is 5.79. The molecule has 0 saturated carbocycles. The van der Waals surface area contributed by atoms with Crippen LogP contribution in [0.1, 0.15) is 5.56 Å². The molecule has 0 atom stereocenters.